The zero-order valence-corrected chi connectivity index (χ0v) is 13.9. The molecule has 0 bridgehead atoms. The van der Waals surface area contributed by atoms with E-state index in [2.05, 4.69) is 36.1 Å². The number of nitrogens with one attached hydrogen (secondary N) is 1. The molecule has 0 radical (unpaired) electrons. The Morgan fingerprint density at radius 1 is 1.43 bits per heavy atom. The Morgan fingerprint density at radius 3 is 2.86 bits per heavy atom. The van der Waals surface area contributed by atoms with Gasteiger partial charge in [0, 0.05) is 24.2 Å². The van der Waals surface area contributed by atoms with Crippen LogP contribution >= 0.6 is 0 Å². The minimum atomic E-state index is 0.419. The van der Waals surface area contributed by atoms with Crippen molar-refractivity contribution in [2.24, 2.45) is 11.3 Å². The molecule has 2 rings (SSSR count). The second-order valence-corrected chi connectivity index (χ2v) is 6.80. The van der Waals surface area contributed by atoms with E-state index in [1.807, 2.05) is 6.07 Å². The molecule has 1 fully saturated rings. The Kier molecular flexibility index (Phi) is 5.57. The first-order valence-corrected chi connectivity index (χ1v) is 8.15. The van der Waals surface area contributed by atoms with Gasteiger partial charge in [-0.25, -0.2) is 9.97 Å². The molecular weight excluding hydrogens is 262 g/mol. The van der Waals surface area contributed by atoms with Gasteiger partial charge in [0.25, 0.3) is 0 Å². The third-order valence-electron chi connectivity index (χ3n) is 4.82. The van der Waals surface area contributed by atoms with Crippen LogP contribution < -0.4 is 10.1 Å². The van der Waals surface area contributed by atoms with Gasteiger partial charge in [0.05, 0.1) is 7.11 Å². The van der Waals surface area contributed by atoms with Gasteiger partial charge in [-0.3, -0.25) is 0 Å². The number of methoxy groups -OCH3 is 1. The van der Waals surface area contributed by atoms with Crippen LogP contribution in [-0.4, -0.2) is 29.7 Å². The molecule has 1 aliphatic rings. The molecular formula is C17H29N3O. The quantitative estimate of drug-likeness (QED) is 0.838. The number of nitrogens with zero attached hydrogens (tertiary/aromatic N) is 2. The highest BCUT2D eigenvalue weighted by molar-refractivity contribution is 5.15. The molecule has 1 heterocycles. The highest BCUT2D eigenvalue weighted by Crippen LogP contribution is 2.44. The SMILES string of the molecule is CCCNC(Cc1cc(OC)ncn1)C1CCCC1(C)C. The first-order chi connectivity index (χ1) is 10.1. The van der Waals surface area contributed by atoms with Crippen LogP contribution in [0.25, 0.3) is 0 Å². The van der Waals surface area contributed by atoms with Gasteiger partial charge in [0.2, 0.25) is 5.88 Å². The van der Waals surface area contributed by atoms with Gasteiger partial charge in [0.15, 0.2) is 0 Å². The average molecular weight is 291 g/mol. The van der Waals surface area contributed by atoms with Crippen molar-refractivity contribution in [1.29, 1.82) is 0 Å². The lowest BCUT2D eigenvalue weighted by atomic mass is 9.76. The van der Waals surface area contributed by atoms with Gasteiger partial charge in [-0.2, -0.15) is 0 Å². The third kappa shape index (κ3) is 4.16. The highest BCUT2D eigenvalue weighted by atomic mass is 16.5. The van der Waals surface area contributed by atoms with E-state index >= 15 is 0 Å². The number of hydrogen-bond acceptors (Lipinski definition) is 4. The largest absolute Gasteiger partial charge is 0.481 e. The maximum atomic E-state index is 5.21. The summed E-state index contributed by atoms with van der Waals surface area (Å²) < 4.78 is 5.21. The summed E-state index contributed by atoms with van der Waals surface area (Å²) in [6.45, 7) is 8.11. The fraction of sp³-hybridized carbons (Fsp3) is 0.765. The van der Waals surface area contributed by atoms with E-state index in [-0.39, 0.29) is 0 Å². The van der Waals surface area contributed by atoms with Gasteiger partial charge in [-0.15, -0.1) is 0 Å². The predicted molar refractivity (Wildman–Crippen MR) is 85.5 cm³/mol. The van der Waals surface area contributed by atoms with E-state index in [4.69, 9.17) is 4.74 Å². The summed E-state index contributed by atoms with van der Waals surface area (Å²) in [4.78, 5) is 8.52. The number of aromatic nitrogens is 2. The first kappa shape index (κ1) is 16.2. The van der Waals surface area contributed by atoms with Crippen LogP contribution in [0.5, 0.6) is 5.88 Å². The summed E-state index contributed by atoms with van der Waals surface area (Å²) in [5.41, 5.74) is 1.49. The molecule has 1 N–H and O–H groups in total. The lowest BCUT2D eigenvalue weighted by Crippen LogP contribution is -2.42. The van der Waals surface area contributed by atoms with Gasteiger partial charge in [-0.05, 0) is 37.1 Å². The zero-order chi connectivity index (χ0) is 15.3. The van der Waals surface area contributed by atoms with E-state index in [0.29, 0.717) is 23.3 Å². The standard InChI is InChI=1S/C17H29N3O/c1-5-9-18-15(14-7-6-8-17(14,2)3)10-13-11-16(21-4)20-12-19-13/h11-12,14-15,18H,5-10H2,1-4H3. The van der Waals surface area contributed by atoms with Crippen molar-refractivity contribution in [3.63, 3.8) is 0 Å². The Balaban J connectivity index is 2.12. The van der Waals surface area contributed by atoms with Gasteiger partial charge in [0.1, 0.15) is 6.33 Å². The molecule has 118 valence electrons. The molecule has 1 saturated carbocycles. The topological polar surface area (TPSA) is 47.0 Å². The fourth-order valence-corrected chi connectivity index (χ4v) is 3.61. The normalized spacial score (nSPS) is 22.2. The molecule has 4 heteroatoms. The molecule has 1 aromatic rings. The average Bonchev–Trinajstić information content (AvgIpc) is 2.83. The Bertz CT molecular complexity index is 447. The van der Waals surface area contributed by atoms with Crippen LogP contribution in [0.1, 0.15) is 52.1 Å². The van der Waals surface area contributed by atoms with E-state index < -0.39 is 0 Å². The Morgan fingerprint density at radius 2 is 2.24 bits per heavy atom. The molecule has 0 saturated heterocycles. The summed E-state index contributed by atoms with van der Waals surface area (Å²) in [6, 6.07) is 2.45. The summed E-state index contributed by atoms with van der Waals surface area (Å²) in [6.07, 6.45) is 7.70. The lowest BCUT2D eigenvalue weighted by molar-refractivity contribution is 0.195. The molecule has 0 spiro atoms. The second kappa shape index (κ2) is 7.21. The van der Waals surface area contributed by atoms with Crippen molar-refractivity contribution in [1.82, 2.24) is 15.3 Å². The van der Waals surface area contributed by atoms with Crippen molar-refractivity contribution in [2.45, 2.75) is 58.9 Å². The van der Waals surface area contributed by atoms with Crippen LogP contribution in [0.4, 0.5) is 0 Å². The van der Waals surface area contributed by atoms with Crippen molar-refractivity contribution >= 4 is 0 Å². The van der Waals surface area contributed by atoms with Gasteiger partial charge >= 0.3 is 0 Å². The number of ether oxygens (including phenoxy) is 1. The highest BCUT2D eigenvalue weighted by Gasteiger charge is 2.39. The van der Waals surface area contributed by atoms with Crippen molar-refractivity contribution < 1.29 is 4.74 Å². The minimum absolute atomic E-state index is 0.419. The van der Waals surface area contributed by atoms with Crippen LogP contribution in [0.3, 0.4) is 0 Å². The Hall–Kier alpha value is -1.16. The van der Waals surface area contributed by atoms with Crippen LogP contribution in [0.15, 0.2) is 12.4 Å². The summed E-state index contributed by atoms with van der Waals surface area (Å²) >= 11 is 0. The van der Waals surface area contributed by atoms with Crippen molar-refractivity contribution in [2.75, 3.05) is 13.7 Å². The minimum Gasteiger partial charge on any atom is -0.481 e. The summed E-state index contributed by atoms with van der Waals surface area (Å²) in [5.74, 6) is 1.37. The Labute approximate surface area is 128 Å². The van der Waals surface area contributed by atoms with Crippen molar-refractivity contribution in [3.05, 3.63) is 18.1 Å². The van der Waals surface area contributed by atoms with E-state index in [9.17, 15) is 0 Å². The number of hydrogen-bond donors (Lipinski definition) is 1. The van der Waals surface area contributed by atoms with Crippen LogP contribution in [-0.2, 0) is 6.42 Å². The molecule has 1 aromatic heterocycles. The maximum absolute atomic E-state index is 5.21. The van der Waals surface area contributed by atoms with Crippen LogP contribution in [0.2, 0.25) is 0 Å². The molecule has 21 heavy (non-hydrogen) atoms. The lowest BCUT2D eigenvalue weighted by Gasteiger charge is -2.35. The number of rotatable bonds is 7. The summed E-state index contributed by atoms with van der Waals surface area (Å²) in [5, 5.41) is 3.75. The smallest absolute Gasteiger partial charge is 0.216 e. The molecule has 0 aromatic carbocycles. The molecule has 0 aliphatic heterocycles. The monoisotopic (exact) mass is 291 g/mol. The van der Waals surface area contributed by atoms with E-state index in [0.717, 1.165) is 25.1 Å². The molecule has 2 atom stereocenters. The van der Waals surface area contributed by atoms with Crippen molar-refractivity contribution in [3.8, 4) is 5.88 Å². The molecule has 4 nitrogen and oxygen atoms in total. The molecule has 0 amide bonds. The van der Waals surface area contributed by atoms with Crippen LogP contribution in [0, 0.1) is 11.3 Å². The zero-order valence-electron chi connectivity index (χ0n) is 13.9. The predicted octanol–water partition coefficient (Wildman–Crippen LogP) is 3.22. The maximum Gasteiger partial charge on any atom is 0.216 e. The fourth-order valence-electron chi connectivity index (χ4n) is 3.61. The molecule has 1 aliphatic carbocycles. The van der Waals surface area contributed by atoms with E-state index in [1.54, 1.807) is 13.4 Å². The summed E-state index contributed by atoms with van der Waals surface area (Å²) in [7, 11) is 1.65. The second-order valence-electron chi connectivity index (χ2n) is 6.80. The third-order valence-corrected chi connectivity index (χ3v) is 4.82. The van der Waals surface area contributed by atoms with Gasteiger partial charge < -0.3 is 10.1 Å². The first-order valence-electron chi connectivity index (χ1n) is 8.15. The molecule has 2 unspecified atom stereocenters. The van der Waals surface area contributed by atoms with E-state index in [1.165, 1.54) is 19.3 Å². The van der Waals surface area contributed by atoms with Gasteiger partial charge in [-0.1, -0.05) is 27.2 Å².